The number of nitrogens with zero attached hydrogens (tertiary/aromatic N) is 3. The molecule has 200 valence electrons. The fourth-order valence-corrected chi connectivity index (χ4v) is 4.42. The molecular formula is C29H34N4O4S. The van der Waals surface area contributed by atoms with E-state index in [1.54, 1.807) is 12.5 Å². The van der Waals surface area contributed by atoms with Crippen LogP contribution < -0.4 is 9.46 Å². The Morgan fingerprint density at radius 2 is 1.82 bits per heavy atom. The van der Waals surface area contributed by atoms with E-state index >= 15 is 0 Å². The summed E-state index contributed by atoms with van der Waals surface area (Å²) in [6, 6.07) is 16.4. The third kappa shape index (κ3) is 9.00. The van der Waals surface area contributed by atoms with Gasteiger partial charge < -0.3 is 13.7 Å². The summed E-state index contributed by atoms with van der Waals surface area (Å²) in [6.07, 6.45) is 13.9. The zero-order valence-electron chi connectivity index (χ0n) is 21.8. The molecule has 0 atom stereocenters. The zero-order chi connectivity index (χ0) is 26.8. The van der Waals surface area contributed by atoms with Gasteiger partial charge in [0.1, 0.15) is 30.1 Å². The zero-order valence-corrected chi connectivity index (χ0v) is 22.7. The van der Waals surface area contributed by atoms with Crippen LogP contribution in [0.25, 0.3) is 12.2 Å². The maximum Gasteiger partial charge on any atom is 0.218 e. The smallest absolute Gasteiger partial charge is 0.218 e. The minimum absolute atomic E-state index is 0.341. The molecule has 1 N–H and O–H groups in total. The topological polar surface area (TPSA) is 99.2 Å². The number of oxazole rings is 1. The van der Waals surface area contributed by atoms with Gasteiger partial charge in [0, 0.05) is 38.0 Å². The van der Waals surface area contributed by atoms with Crippen molar-refractivity contribution in [3.63, 3.8) is 0 Å². The lowest BCUT2D eigenvalue weighted by atomic mass is 10.1. The Kier molecular flexibility index (Phi) is 9.51. The van der Waals surface area contributed by atoms with Gasteiger partial charge in [-0.1, -0.05) is 42.0 Å². The molecule has 38 heavy (non-hydrogen) atoms. The van der Waals surface area contributed by atoms with E-state index in [-0.39, 0.29) is 0 Å². The molecule has 0 saturated carbocycles. The number of nitrogens with one attached hydrogen (secondary N) is 1. The Hall–Kier alpha value is -3.69. The number of benzene rings is 2. The lowest BCUT2D eigenvalue weighted by molar-refractivity contribution is 0.301. The van der Waals surface area contributed by atoms with Crippen LogP contribution in [0.15, 0.2) is 71.6 Å². The first-order valence-corrected chi connectivity index (χ1v) is 14.6. The fraction of sp³-hybridized carbons (Fsp3) is 0.310. The molecule has 2 heterocycles. The Balaban J connectivity index is 1.16. The summed E-state index contributed by atoms with van der Waals surface area (Å²) < 4.78 is 38.5. The van der Waals surface area contributed by atoms with Crippen molar-refractivity contribution in [3.05, 3.63) is 101 Å². The maximum absolute atomic E-state index is 11.2. The number of sulfonamides is 1. The fourth-order valence-electron chi connectivity index (χ4n) is 3.95. The van der Waals surface area contributed by atoms with E-state index in [2.05, 4.69) is 62.6 Å². The van der Waals surface area contributed by atoms with E-state index in [9.17, 15) is 8.42 Å². The van der Waals surface area contributed by atoms with E-state index in [1.165, 1.54) is 11.1 Å². The second-order valence-corrected chi connectivity index (χ2v) is 11.1. The molecule has 0 fully saturated rings. The summed E-state index contributed by atoms with van der Waals surface area (Å²) in [5.41, 5.74) is 4.32. The molecule has 0 radical (unpaired) electrons. The van der Waals surface area contributed by atoms with Gasteiger partial charge in [-0.05, 0) is 55.5 Å². The molecule has 0 amide bonds. The van der Waals surface area contributed by atoms with Gasteiger partial charge >= 0.3 is 0 Å². The first-order chi connectivity index (χ1) is 18.3. The van der Waals surface area contributed by atoms with Gasteiger partial charge in [0.15, 0.2) is 0 Å². The summed E-state index contributed by atoms with van der Waals surface area (Å²) in [4.78, 5) is 8.81. The molecule has 2 aromatic carbocycles. The Morgan fingerprint density at radius 3 is 2.58 bits per heavy atom. The lowest BCUT2D eigenvalue weighted by Crippen LogP contribution is -2.25. The number of hydrogen-bond acceptors (Lipinski definition) is 6. The van der Waals surface area contributed by atoms with Crippen LogP contribution in [0.2, 0.25) is 0 Å². The van der Waals surface area contributed by atoms with Crippen molar-refractivity contribution >= 4 is 22.2 Å². The summed E-state index contributed by atoms with van der Waals surface area (Å²) in [5, 5.41) is 0. The van der Waals surface area contributed by atoms with Crippen LogP contribution in [0.1, 0.15) is 46.9 Å². The molecule has 8 nitrogen and oxygen atoms in total. The van der Waals surface area contributed by atoms with Crippen molar-refractivity contribution in [2.24, 2.45) is 0 Å². The van der Waals surface area contributed by atoms with E-state index < -0.39 is 10.0 Å². The number of ether oxygens (including phenoxy) is 1. The normalized spacial score (nSPS) is 11.8. The van der Waals surface area contributed by atoms with Crippen LogP contribution in [-0.4, -0.2) is 35.8 Å². The van der Waals surface area contributed by atoms with Gasteiger partial charge in [0.25, 0.3) is 0 Å². The molecular weight excluding hydrogens is 500 g/mol. The second-order valence-electron chi connectivity index (χ2n) is 9.26. The van der Waals surface area contributed by atoms with Gasteiger partial charge in [-0.15, -0.1) is 0 Å². The van der Waals surface area contributed by atoms with Crippen molar-refractivity contribution < 1.29 is 17.6 Å². The Bertz CT molecular complexity index is 1420. The second kappa shape index (κ2) is 13.2. The Morgan fingerprint density at radius 1 is 1.03 bits per heavy atom. The van der Waals surface area contributed by atoms with Crippen LogP contribution in [0.4, 0.5) is 0 Å². The highest BCUT2D eigenvalue weighted by molar-refractivity contribution is 7.88. The predicted octanol–water partition coefficient (Wildman–Crippen LogP) is 5.04. The molecule has 4 aromatic rings. The lowest BCUT2D eigenvalue weighted by Gasteiger charge is -2.09. The summed E-state index contributed by atoms with van der Waals surface area (Å²) in [6.45, 7) is 3.62. The average Bonchev–Trinajstić information content (AvgIpc) is 3.54. The number of aryl methyl sites for hydroxylation is 3. The quantitative estimate of drug-likeness (QED) is 0.228. The number of aromatic nitrogens is 3. The SMILES string of the molecule is Cc1ccc(/C=C/c2nc(COc3ccc(CCCCn4ccnc4CCNS(C)(=O)=O)cc3)co2)cc1. The van der Waals surface area contributed by atoms with Crippen molar-refractivity contribution in [1.29, 1.82) is 0 Å². The third-order valence-corrected chi connectivity index (χ3v) is 6.73. The van der Waals surface area contributed by atoms with Crippen LogP contribution in [0.3, 0.4) is 0 Å². The van der Waals surface area contributed by atoms with Gasteiger partial charge in [0.2, 0.25) is 15.9 Å². The number of unbranched alkanes of at least 4 members (excludes halogenated alkanes) is 1. The minimum Gasteiger partial charge on any atom is -0.487 e. The highest BCUT2D eigenvalue weighted by atomic mass is 32.2. The van der Waals surface area contributed by atoms with Gasteiger partial charge in [-0.2, -0.15) is 0 Å². The highest BCUT2D eigenvalue weighted by Crippen LogP contribution is 2.17. The van der Waals surface area contributed by atoms with Crippen LogP contribution in [0.5, 0.6) is 5.75 Å². The molecule has 0 saturated heterocycles. The summed E-state index contributed by atoms with van der Waals surface area (Å²) >= 11 is 0. The molecule has 2 aromatic heterocycles. The van der Waals surface area contributed by atoms with Crippen LogP contribution >= 0.6 is 0 Å². The molecule has 0 spiro atoms. The first-order valence-electron chi connectivity index (χ1n) is 12.7. The number of imidazole rings is 1. The van der Waals surface area contributed by atoms with E-state index in [1.807, 2.05) is 30.5 Å². The highest BCUT2D eigenvalue weighted by Gasteiger charge is 2.06. The average molecular weight is 535 g/mol. The first kappa shape index (κ1) is 27.3. The molecule has 0 bridgehead atoms. The molecule has 4 rings (SSSR count). The summed E-state index contributed by atoms with van der Waals surface area (Å²) in [7, 11) is -3.18. The molecule has 0 aliphatic heterocycles. The van der Waals surface area contributed by atoms with Crippen molar-refractivity contribution in [3.8, 4) is 5.75 Å². The van der Waals surface area contributed by atoms with Crippen LogP contribution in [0, 0.1) is 6.92 Å². The molecule has 0 aliphatic carbocycles. The van der Waals surface area contributed by atoms with Gasteiger partial charge in [-0.25, -0.2) is 23.1 Å². The van der Waals surface area contributed by atoms with E-state index in [0.717, 1.165) is 54.9 Å². The number of hydrogen-bond donors (Lipinski definition) is 1. The number of rotatable bonds is 14. The molecule has 0 aliphatic rings. The molecule has 0 unspecified atom stereocenters. The third-order valence-electron chi connectivity index (χ3n) is 6.00. The predicted molar refractivity (Wildman–Crippen MR) is 149 cm³/mol. The van der Waals surface area contributed by atoms with Gasteiger partial charge in [0.05, 0.1) is 6.26 Å². The van der Waals surface area contributed by atoms with Gasteiger partial charge in [-0.3, -0.25) is 0 Å². The van der Waals surface area contributed by atoms with Crippen molar-refractivity contribution in [2.75, 3.05) is 12.8 Å². The van der Waals surface area contributed by atoms with Crippen molar-refractivity contribution in [2.45, 2.75) is 45.8 Å². The monoisotopic (exact) mass is 534 g/mol. The summed E-state index contributed by atoms with van der Waals surface area (Å²) in [5.74, 6) is 2.23. The molecule has 9 heteroatoms. The van der Waals surface area contributed by atoms with E-state index in [4.69, 9.17) is 9.15 Å². The minimum atomic E-state index is -3.18. The maximum atomic E-state index is 11.2. The largest absolute Gasteiger partial charge is 0.487 e. The Labute approximate surface area is 224 Å². The van der Waals surface area contributed by atoms with Crippen molar-refractivity contribution in [1.82, 2.24) is 19.3 Å². The van der Waals surface area contributed by atoms with Crippen LogP contribution in [-0.2, 0) is 36.0 Å². The standard InChI is InChI=1S/C29H34N4O4S/c1-23-6-8-25(9-7-23)12-15-29-32-26(22-37-29)21-36-27-13-10-24(11-14-27)5-3-4-19-33-20-18-30-28(33)16-17-31-38(2,34)35/h6-15,18,20,22,31H,3-5,16-17,19,21H2,1-2H3/b15-12+. The van der Waals surface area contributed by atoms with E-state index in [0.29, 0.717) is 25.5 Å².